The molecule has 4 nitrogen and oxygen atoms in total. The first-order valence-electron chi connectivity index (χ1n) is 9.44. The molecule has 0 saturated carbocycles. The number of hydrogen-bond donors (Lipinski definition) is 1. The van der Waals surface area contributed by atoms with Gasteiger partial charge in [0.1, 0.15) is 0 Å². The molecule has 1 aliphatic rings. The zero-order valence-electron chi connectivity index (χ0n) is 15.8. The van der Waals surface area contributed by atoms with Crippen molar-refractivity contribution < 1.29 is 9.59 Å². The van der Waals surface area contributed by atoms with Gasteiger partial charge in [0, 0.05) is 24.8 Å². The van der Waals surface area contributed by atoms with Gasteiger partial charge < -0.3 is 10.2 Å². The van der Waals surface area contributed by atoms with Crippen LogP contribution < -0.4 is 10.2 Å². The van der Waals surface area contributed by atoms with E-state index in [1.807, 2.05) is 60.7 Å². The molecule has 2 amide bonds. The lowest BCUT2D eigenvalue weighted by atomic mass is 10.0. The number of nitrogens with zero attached hydrogens (tertiary/aromatic N) is 1. The van der Waals surface area contributed by atoms with Crippen molar-refractivity contribution in [3.8, 4) is 11.1 Å². The first kappa shape index (κ1) is 18.0. The maximum Gasteiger partial charge on any atom is 0.228 e. The van der Waals surface area contributed by atoms with Crippen molar-refractivity contribution >= 4 is 23.2 Å². The minimum Gasteiger partial charge on any atom is -0.326 e. The SMILES string of the molecule is CN1C(=O)CCc2cc(NC(=O)Cc3ccc(-c4ccccc4)cc3)ccc21. The van der Waals surface area contributed by atoms with Gasteiger partial charge in [0.05, 0.1) is 6.42 Å². The molecule has 1 aliphatic heterocycles. The van der Waals surface area contributed by atoms with Crippen molar-refractivity contribution in [3.63, 3.8) is 0 Å². The monoisotopic (exact) mass is 370 g/mol. The Balaban J connectivity index is 1.41. The number of benzene rings is 3. The molecule has 0 aromatic heterocycles. The molecule has 0 unspecified atom stereocenters. The number of nitrogens with one attached hydrogen (secondary N) is 1. The third-order valence-corrected chi connectivity index (χ3v) is 5.13. The van der Waals surface area contributed by atoms with Crippen molar-refractivity contribution in [2.45, 2.75) is 19.3 Å². The van der Waals surface area contributed by atoms with Crippen LogP contribution in [-0.2, 0) is 22.4 Å². The minimum absolute atomic E-state index is 0.0485. The lowest BCUT2D eigenvalue weighted by Crippen LogP contribution is -2.31. The number of carbonyl (C=O) groups excluding carboxylic acids is 2. The van der Waals surface area contributed by atoms with Crippen LogP contribution in [0.5, 0.6) is 0 Å². The van der Waals surface area contributed by atoms with Gasteiger partial charge in [-0.25, -0.2) is 0 Å². The van der Waals surface area contributed by atoms with Crippen LogP contribution in [0, 0.1) is 0 Å². The number of carbonyl (C=O) groups is 2. The summed E-state index contributed by atoms with van der Waals surface area (Å²) in [6.07, 6.45) is 1.54. The van der Waals surface area contributed by atoms with Gasteiger partial charge in [0.15, 0.2) is 0 Å². The van der Waals surface area contributed by atoms with Gasteiger partial charge in [-0.15, -0.1) is 0 Å². The van der Waals surface area contributed by atoms with Crippen molar-refractivity contribution in [2.24, 2.45) is 0 Å². The quantitative estimate of drug-likeness (QED) is 0.738. The molecule has 0 bridgehead atoms. The Morgan fingerprint density at radius 3 is 2.39 bits per heavy atom. The first-order valence-corrected chi connectivity index (χ1v) is 9.44. The summed E-state index contributed by atoms with van der Waals surface area (Å²) in [7, 11) is 1.79. The van der Waals surface area contributed by atoms with E-state index < -0.39 is 0 Å². The molecule has 3 aromatic rings. The first-order chi connectivity index (χ1) is 13.6. The van der Waals surface area contributed by atoms with Gasteiger partial charge in [0.2, 0.25) is 11.8 Å². The van der Waals surface area contributed by atoms with E-state index in [1.165, 1.54) is 0 Å². The fourth-order valence-corrected chi connectivity index (χ4v) is 3.57. The second-order valence-corrected chi connectivity index (χ2v) is 7.08. The average molecular weight is 370 g/mol. The molecule has 0 radical (unpaired) electrons. The highest BCUT2D eigenvalue weighted by Gasteiger charge is 2.21. The van der Waals surface area contributed by atoms with Crippen LogP contribution in [0.4, 0.5) is 11.4 Å². The molecular formula is C24H22N2O2. The normalized spacial score (nSPS) is 13.2. The maximum absolute atomic E-state index is 12.4. The number of amides is 2. The van der Waals surface area contributed by atoms with E-state index in [1.54, 1.807) is 11.9 Å². The third kappa shape index (κ3) is 3.81. The molecule has 1 N–H and O–H groups in total. The maximum atomic E-state index is 12.4. The van der Waals surface area contributed by atoms with E-state index in [0.29, 0.717) is 19.3 Å². The highest BCUT2D eigenvalue weighted by molar-refractivity contribution is 5.97. The zero-order chi connectivity index (χ0) is 19.5. The molecule has 3 aromatic carbocycles. The predicted molar refractivity (Wildman–Crippen MR) is 112 cm³/mol. The highest BCUT2D eigenvalue weighted by atomic mass is 16.2. The second kappa shape index (κ2) is 7.69. The van der Waals surface area contributed by atoms with Gasteiger partial charge >= 0.3 is 0 Å². The van der Waals surface area contributed by atoms with Crippen molar-refractivity contribution in [3.05, 3.63) is 83.9 Å². The van der Waals surface area contributed by atoms with Gasteiger partial charge in [-0.1, -0.05) is 54.6 Å². The Hall–Kier alpha value is -3.40. The molecule has 0 saturated heterocycles. The topological polar surface area (TPSA) is 49.4 Å². The summed E-state index contributed by atoms with van der Waals surface area (Å²) < 4.78 is 0. The Bertz CT molecular complexity index is 1010. The Kier molecular flexibility index (Phi) is 4.94. The van der Waals surface area contributed by atoms with Gasteiger partial charge in [-0.2, -0.15) is 0 Å². The second-order valence-electron chi connectivity index (χ2n) is 7.08. The molecular weight excluding hydrogens is 348 g/mol. The third-order valence-electron chi connectivity index (χ3n) is 5.13. The molecule has 0 atom stereocenters. The van der Waals surface area contributed by atoms with Crippen molar-refractivity contribution in [2.75, 3.05) is 17.3 Å². The Morgan fingerprint density at radius 2 is 1.64 bits per heavy atom. The number of hydrogen-bond acceptors (Lipinski definition) is 2. The summed E-state index contributed by atoms with van der Waals surface area (Å²) in [5.41, 5.74) is 6.06. The summed E-state index contributed by atoms with van der Waals surface area (Å²) in [6, 6.07) is 24.0. The smallest absolute Gasteiger partial charge is 0.228 e. The van der Waals surface area contributed by atoms with Crippen LogP contribution in [-0.4, -0.2) is 18.9 Å². The summed E-state index contributed by atoms with van der Waals surface area (Å²) >= 11 is 0. The fraction of sp³-hybridized carbons (Fsp3) is 0.167. The summed E-state index contributed by atoms with van der Waals surface area (Å²) in [4.78, 5) is 25.9. The molecule has 28 heavy (non-hydrogen) atoms. The van der Waals surface area contributed by atoms with E-state index in [9.17, 15) is 9.59 Å². The minimum atomic E-state index is -0.0485. The van der Waals surface area contributed by atoms with Crippen molar-refractivity contribution in [1.82, 2.24) is 0 Å². The zero-order valence-corrected chi connectivity index (χ0v) is 15.8. The van der Waals surface area contributed by atoms with E-state index in [4.69, 9.17) is 0 Å². The van der Waals surface area contributed by atoms with E-state index in [-0.39, 0.29) is 11.8 Å². The van der Waals surface area contributed by atoms with Crippen LogP contribution in [0.25, 0.3) is 11.1 Å². The average Bonchev–Trinajstić information content (AvgIpc) is 2.72. The Morgan fingerprint density at radius 1 is 0.929 bits per heavy atom. The molecule has 0 aliphatic carbocycles. The van der Waals surface area contributed by atoms with E-state index >= 15 is 0 Å². The lowest BCUT2D eigenvalue weighted by Gasteiger charge is -2.26. The molecule has 1 heterocycles. The van der Waals surface area contributed by atoms with Gasteiger partial charge in [0.25, 0.3) is 0 Å². The van der Waals surface area contributed by atoms with Gasteiger partial charge in [-0.05, 0) is 46.9 Å². The number of fused-ring (bicyclic) bond motifs is 1. The van der Waals surface area contributed by atoms with Crippen LogP contribution >= 0.6 is 0 Å². The number of anilines is 2. The van der Waals surface area contributed by atoms with Crippen LogP contribution in [0.15, 0.2) is 72.8 Å². The summed E-state index contributed by atoms with van der Waals surface area (Å²) in [6.45, 7) is 0. The van der Waals surface area contributed by atoms with E-state index in [2.05, 4.69) is 17.4 Å². The van der Waals surface area contributed by atoms with Crippen LogP contribution in [0.1, 0.15) is 17.5 Å². The fourth-order valence-electron chi connectivity index (χ4n) is 3.57. The number of aryl methyl sites for hydroxylation is 1. The summed E-state index contributed by atoms with van der Waals surface area (Å²) in [5, 5.41) is 2.97. The standard InChI is InChI=1S/C24H22N2O2/c1-26-22-13-12-21(16-20(22)11-14-24(26)28)25-23(27)15-17-7-9-19(10-8-17)18-5-3-2-4-6-18/h2-10,12-13,16H,11,14-15H2,1H3,(H,25,27). The predicted octanol–water partition coefficient (Wildman–Crippen LogP) is 4.44. The highest BCUT2D eigenvalue weighted by Crippen LogP contribution is 2.29. The lowest BCUT2D eigenvalue weighted by molar-refractivity contribution is -0.118. The van der Waals surface area contributed by atoms with E-state index in [0.717, 1.165) is 33.6 Å². The molecule has 4 rings (SSSR count). The van der Waals surface area contributed by atoms with Crippen LogP contribution in [0.3, 0.4) is 0 Å². The summed E-state index contributed by atoms with van der Waals surface area (Å²) in [5.74, 6) is 0.0795. The van der Waals surface area contributed by atoms with Crippen molar-refractivity contribution in [1.29, 1.82) is 0 Å². The largest absolute Gasteiger partial charge is 0.326 e. The number of rotatable bonds is 4. The molecule has 4 heteroatoms. The molecule has 0 spiro atoms. The van der Waals surface area contributed by atoms with Crippen LogP contribution in [0.2, 0.25) is 0 Å². The Labute approximate surface area is 164 Å². The molecule has 140 valence electrons. The van der Waals surface area contributed by atoms with Gasteiger partial charge in [-0.3, -0.25) is 9.59 Å². The molecule has 0 fully saturated rings.